The molecule has 0 saturated heterocycles. The molecular formula is C21H27N5OS. The highest BCUT2D eigenvalue weighted by molar-refractivity contribution is 7.22. The number of amides is 1. The molecule has 2 atom stereocenters. The lowest BCUT2D eigenvalue weighted by Crippen LogP contribution is -2.36. The van der Waals surface area contributed by atoms with Gasteiger partial charge in [-0.2, -0.15) is 0 Å². The predicted octanol–water partition coefficient (Wildman–Crippen LogP) is 4.16. The number of carbonyl (C=O) groups excluding carboxylic acids is 1. The summed E-state index contributed by atoms with van der Waals surface area (Å²) in [6.07, 6.45) is 8.68. The lowest BCUT2D eigenvalue weighted by molar-refractivity contribution is -0.120. The maximum atomic E-state index is 12.3. The van der Waals surface area contributed by atoms with Gasteiger partial charge >= 0.3 is 0 Å². The zero-order valence-electron chi connectivity index (χ0n) is 16.8. The third kappa shape index (κ3) is 3.56. The number of imidazole rings is 1. The molecule has 1 N–H and O–H groups in total. The summed E-state index contributed by atoms with van der Waals surface area (Å²) < 4.78 is 3.26. The molecule has 4 rings (SSSR count). The second kappa shape index (κ2) is 7.29. The topological polar surface area (TPSA) is 63.1 Å². The van der Waals surface area contributed by atoms with Crippen LogP contribution in [0.4, 0.5) is 5.13 Å². The lowest BCUT2D eigenvalue weighted by atomic mass is 9.96. The molecule has 0 spiro atoms. The van der Waals surface area contributed by atoms with Gasteiger partial charge in [-0.3, -0.25) is 4.79 Å². The minimum atomic E-state index is -0.199. The lowest BCUT2D eigenvalue weighted by Gasteiger charge is -2.33. The van der Waals surface area contributed by atoms with Crippen LogP contribution in [0.25, 0.3) is 10.2 Å². The maximum absolute atomic E-state index is 12.3. The Labute approximate surface area is 169 Å². The van der Waals surface area contributed by atoms with Gasteiger partial charge in [-0.1, -0.05) is 31.3 Å². The van der Waals surface area contributed by atoms with Crippen molar-refractivity contribution >= 4 is 32.6 Å². The van der Waals surface area contributed by atoms with Crippen molar-refractivity contribution in [3.8, 4) is 0 Å². The Hall–Kier alpha value is -2.25. The normalized spacial score (nSPS) is 17.6. The van der Waals surface area contributed by atoms with Gasteiger partial charge in [0.25, 0.3) is 0 Å². The van der Waals surface area contributed by atoms with Crippen LogP contribution in [0.5, 0.6) is 0 Å². The van der Waals surface area contributed by atoms with E-state index in [1.54, 1.807) is 11.3 Å². The Morgan fingerprint density at radius 3 is 2.79 bits per heavy atom. The Morgan fingerprint density at radius 2 is 2.18 bits per heavy atom. The molecule has 1 aliphatic carbocycles. The van der Waals surface area contributed by atoms with Crippen LogP contribution in [0.2, 0.25) is 0 Å². The van der Waals surface area contributed by atoms with E-state index in [2.05, 4.69) is 64.0 Å². The maximum Gasteiger partial charge on any atom is 0.232 e. The minimum Gasteiger partial charge on any atom is -0.328 e. The molecule has 2 aromatic heterocycles. The van der Waals surface area contributed by atoms with Crippen molar-refractivity contribution < 1.29 is 4.79 Å². The molecule has 0 aliphatic heterocycles. The van der Waals surface area contributed by atoms with Crippen molar-refractivity contribution in [1.29, 1.82) is 0 Å². The van der Waals surface area contributed by atoms with Crippen molar-refractivity contribution in [3.63, 3.8) is 0 Å². The summed E-state index contributed by atoms with van der Waals surface area (Å²) in [5.74, 6) is 0.0849. The van der Waals surface area contributed by atoms with Crippen molar-refractivity contribution in [2.45, 2.75) is 45.2 Å². The second-order valence-corrected chi connectivity index (χ2v) is 9.19. The first-order valence-electron chi connectivity index (χ1n) is 9.77. The summed E-state index contributed by atoms with van der Waals surface area (Å²) in [6.45, 7) is 4.22. The van der Waals surface area contributed by atoms with E-state index in [-0.39, 0.29) is 17.4 Å². The van der Waals surface area contributed by atoms with Crippen LogP contribution in [0.15, 0.2) is 36.9 Å². The third-order valence-corrected chi connectivity index (χ3v) is 6.75. The summed E-state index contributed by atoms with van der Waals surface area (Å²) in [6, 6.07) is 6.92. The highest BCUT2D eigenvalue weighted by Gasteiger charge is 2.45. The predicted molar refractivity (Wildman–Crippen MR) is 114 cm³/mol. The molecule has 2 unspecified atom stereocenters. The van der Waals surface area contributed by atoms with Gasteiger partial charge < -0.3 is 14.8 Å². The fraction of sp³-hybridized carbons (Fsp3) is 0.476. The molecule has 1 amide bonds. The monoisotopic (exact) mass is 397 g/mol. The number of benzene rings is 1. The number of nitrogens with zero attached hydrogens (tertiary/aromatic N) is 4. The first kappa shape index (κ1) is 19.1. The van der Waals surface area contributed by atoms with E-state index < -0.39 is 0 Å². The fourth-order valence-electron chi connectivity index (χ4n) is 3.74. The van der Waals surface area contributed by atoms with Crippen LogP contribution >= 0.6 is 11.3 Å². The van der Waals surface area contributed by atoms with E-state index in [9.17, 15) is 4.79 Å². The summed E-state index contributed by atoms with van der Waals surface area (Å²) in [7, 11) is 4.24. The zero-order chi connectivity index (χ0) is 19.9. The van der Waals surface area contributed by atoms with Crippen molar-refractivity contribution in [2.24, 2.45) is 5.41 Å². The molecule has 7 heteroatoms. The number of hydrogen-bond acceptors (Lipinski definition) is 5. The number of hydrogen-bond donors (Lipinski definition) is 1. The van der Waals surface area contributed by atoms with E-state index in [4.69, 9.17) is 0 Å². The Morgan fingerprint density at radius 1 is 1.39 bits per heavy atom. The molecule has 1 saturated carbocycles. The van der Waals surface area contributed by atoms with Gasteiger partial charge in [-0.15, -0.1) is 0 Å². The van der Waals surface area contributed by atoms with E-state index >= 15 is 0 Å². The number of likely N-dealkylation sites (N-methyl/N-ethyl adjacent to an activating group) is 1. The molecule has 3 aromatic rings. The third-order valence-electron chi connectivity index (χ3n) is 5.81. The molecule has 2 heterocycles. The molecule has 1 fully saturated rings. The molecule has 0 bridgehead atoms. The smallest absolute Gasteiger partial charge is 0.232 e. The van der Waals surface area contributed by atoms with E-state index in [0.29, 0.717) is 11.2 Å². The van der Waals surface area contributed by atoms with Gasteiger partial charge in [0.2, 0.25) is 5.91 Å². The molecule has 148 valence electrons. The molecular weight excluding hydrogens is 370 g/mol. The first-order valence-corrected chi connectivity index (χ1v) is 10.6. The Kier molecular flexibility index (Phi) is 4.97. The van der Waals surface area contributed by atoms with Crippen LogP contribution in [-0.4, -0.2) is 45.5 Å². The van der Waals surface area contributed by atoms with Crippen LogP contribution in [-0.2, 0) is 4.79 Å². The van der Waals surface area contributed by atoms with Gasteiger partial charge in [0.1, 0.15) is 0 Å². The van der Waals surface area contributed by atoms with Gasteiger partial charge in [0, 0.05) is 23.9 Å². The Balaban J connectivity index is 1.67. The quantitative estimate of drug-likeness (QED) is 0.650. The average molecular weight is 398 g/mol. The van der Waals surface area contributed by atoms with E-state index in [1.807, 2.05) is 25.6 Å². The molecule has 1 aromatic carbocycles. The summed E-state index contributed by atoms with van der Waals surface area (Å²) >= 11 is 1.54. The number of carbonyl (C=O) groups is 1. The van der Waals surface area contributed by atoms with Crippen LogP contribution in [0, 0.1) is 5.41 Å². The molecule has 1 aliphatic rings. The largest absolute Gasteiger partial charge is 0.328 e. The minimum absolute atomic E-state index is 0.0849. The number of aromatic nitrogens is 3. The molecule has 0 radical (unpaired) electrons. The van der Waals surface area contributed by atoms with Gasteiger partial charge in [-0.05, 0) is 51.1 Å². The van der Waals surface area contributed by atoms with E-state index in [1.165, 1.54) is 5.56 Å². The van der Waals surface area contributed by atoms with Crippen molar-refractivity contribution in [1.82, 2.24) is 19.4 Å². The van der Waals surface area contributed by atoms with Crippen molar-refractivity contribution in [3.05, 3.63) is 42.5 Å². The van der Waals surface area contributed by atoms with Gasteiger partial charge in [0.05, 0.1) is 22.6 Å². The molecule has 28 heavy (non-hydrogen) atoms. The highest BCUT2D eigenvalue weighted by atomic mass is 32.1. The number of nitrogens with one attached hydrogen (secondary N) is 1. The van der Waals surface area contributed by atoms with Crippen molar-refractivity contribution in [2.75, 3.05) is 19.4 Å². The van der Waals surface area contributed by atoms with Crippen LogP contribution in [0.1, 0.15) is 44.7 Å². The number of thiazole rings is 1. The molecule has 6 nitrogen and oxygen atoms in total. The fourth-order valence-corrected chi connectivity index (χ4v) is 4.65. The summed E-state index contributed by atoms with van der Waals surface area (Å²) in [5, 5.41) is 3.69. The van der Waals surface area contributed by atoms with Crippen LogP contribution in [0.3, 0.4) is 0 Å². The standard InChI is InChI=1S/C21H27N5OS/c1-5-16(25(3)4)18(26-11-10-22-13-26)14-6-7-15-17(12-14)28-20(23-15)24-19(27)21(2)8-9-21/h6-7,10-13,16,18H,5,8-9H2,1-4H3,(H,23,24,27). The first-order chi connectivity index (χ1) is 13.4. The number of rotatable bonds is 7. The van der Waals surface area contributed by atoms with Crippen LogP contribution < -0.4 is 5.32 Å². The number of fused-ring (bicyclic) bond motifs is 1. The van der Waals surface area contributed by atoms with E-state index in [0.717, 1.165) is 29.5 Å². The summed E-state index contributed by atoms with van der Waals surface area (Å²) in [5.41, 5.74) is 1.95. The summed E-state index contributed by atoms with van der Waals surface area (Å²) in [4.78, 5) is 23.5. The SMILES string of the molecule is CCC(C(c1ccc2nc(NC(=O)C3(C)CC3)sc2c1)n1ccnc1)N(C)C. The number of anilines is 1. The van der Waals surface area contributed by atoms with Gasteiger partial charge in [0.15, 0.2) is 5.13 Å². The zero-order valence-corrected chi connectivity index (χ0v) is 17.7. The highest BCUT2D eigenvalue weighted by Crippen LogP contribution is 2.46. The Bertz CT molecular complexity index is 974. The average Bonchev–Trinajstić information content (AvgIpc) is 3.08. The second-order valence-electron chi connectivity index (χ2n) is 8.15. The van der Waals surface area contributed by atoms with Gasteiger partial charge in [-0.25, -0.2) is 9.97 Å².